The molecule has 0 aliphatic heterocycles. The third-order valence-corrected chi connectivity index (χ3v) is 9.10. The predicted molar refractivity (Wildman–Crippen MR) is 204 cm³/mol. The molecule has 1 unspecified atom stereocenters. The fourth-order valence-corrected chi connectivity index (χ4v) is 6.53. The Morgan fingerprint density at radius 3 is 1.98 bits per heavy atom. The molecule has 0 saturated heterocycles. The van der Waals surface area contributed by atoms with Gasteiger partial charge < -0.3 is 35.7 Å². The minimum absolute atomic E-state index is 0.0272. The van der Waals surface area contributed by atoms with Crippen LogP contribution < -0.4 is 10.6 Å². The molecule has 1 heterocycles. The Bertz CT molecular complexity index is 1650. The summed E-state index contributed by atoms with van der Waals surface area (Å²) in [5.74, 6) is 0.548. The molecule has 1 aromatic heterocycles. The molecule has 2 amide bonds. The number of imidazole rings is 1. The number of aromatic amines is 1. The zero-order chi connectivity index (χ0) is 37.9. The number of hydrogen-bond donors (Lipinski definition) is 6. The van der Waals surface area contributed by atoms with E-state index in [2.05, 4.69) is 20.6 Å². The summed E-state index contributed by atoms with van der Waals surface area (Å²) in [5, 5.41) is 39.3. The fraction of sp³-hybridized carbons (Fsp3) is 0.488. The summed E-state index contributed by atoms with van der Waals surface area (Å²) in [6.45, 7) is 11.7. The number of H-pyrrole nitrogens is 1. The van der Waals surface area contributed by atoms with Crippen LogP contribution in [0.5, 0.6) is 0 Å². The Morgan fingerprint density at radius 2 is 1.40 bits per heavy atom. The maximum absolute atomic E-state index is 13.9. The number of aliphatic hydroxyl groups is 2. The van der Waals surface area contributed by atoms with Crippen LogP contribution in [0.25, 0.3) is 11.0 Å². The molecule has 11 nitrogen and oxygen atoms in total. The number of hydrogen-bond acceptors (Lipinski definition) is 7. The number of aliphatic hydroxyl groups excluding tert-OH is 2. The number of benzene rings is 3. The first-order chi connectivity index (χ1) is 24.6. The number of aryl methyl sites for hydroxylation is 1. The van der Waals surface area contributed by atoms with Crippen LogP contribution in [0, 0.1) is 5.41 Å². The highest BCUT2D eigenvalue weighted by Gasteiger charge is 2.38. The van der Waals surface area contributed by atoms with Crippen molar-refractivity contribution in [2.24, 2.45) is 5.41 Å². The van der Waals surface area contributed by atoms with E-state index in [1.807, 2.05) is 106 Å². The lowest BCUT2D eigenvalue weighted by Crippen LogP contribution is -2.58. The monoisotopic (exact) mass is 715 g/mol. The van der Waals surface area contributed by atoms with Crippen molar-refractivity contribution >= 4 is 23.0 Å². The van der Waals surface area contributed by atoms with Crippen molar-refractivity contribution in [1.29, 1.82) is 0 Å². The average Bonchev–Trinajstić information content (AvgIpc) is 3.50. The molecule has 52 heavy (non-hydrogen) atoms. The molecule has 0 radical (unpaired) electrons. The SMILES string of the molecule is CC(C)(C)C(OCCCc1nc2ccccc2[nH]1)C(=O)N[C@@H](Cc1ccccc1)[C@H](O)CNC[C@@H](O)[C@H](Cc1ccccc1)N(C(=O)O)C(C)(C)C. The van der Waals surface area contributed by atoms with Crippen LogP contribution >= 0.6 is 0 Å². The van der Waals surface area contributed by atoms with Crippen LogP contribution in [0.2, 0.25) is 0 Å². The third kappa shape index (κ3) is 11.9. The van der Waals surface area contributed by atoms with Gasteiger partial charge in [-0.15, -0.1) is 0 Å². The zero-order valence-electron chi connectivity index (χ0n) is 31.4. The third-order valence-electron chi connectivity index (χ3n) is 9.10. The summed E-state index contributed by atoms with van der Waals surface area (Å²) in [6.07, 6.45) is -1.99. The van der Waals surface area contributed by atoms with Gasteiger partial charge >= 0.3 is 6.09 Å². The van der Waals surface area contributed by atoms with Crippen LogP contribution in [0.4, 0.5) is 4.79 Å². The number of para-hydroxylation sites is 2. The number of amides is 2. The second-order valence-corrected chi connectivity index (χ2v) is 15.6. The van der Waals surface area contributed by atoms with Gasteiger partial charge in [-0.25, -0.2) is 9.78 Å². The van der Waals surface area contributed by atoms with E-state index in [1.54, 1.807) is 20.8 Å². The van der Waals surface area contributed by atoms with Gasteiger partial charge in [0.15, 0.2) is 0 Å². The molecule has 6 N–H and O–H groups in total. The highest BCUT2D eigenvalue weighted by atomic mass is 16.5. The summed E-state index contributed by atoms with van der Waals surface area (Å²) in [7, 11) is 0. The number of nitrogens with zero attached hydrogens (tertiary/aromatic N) is 2. The standard InChI is InChI=1S/C41H57N5O6/c1-40(2,3)37(52-23-15-22-36-43-30-20-13-14-21-31(30)44-36)38(49)45-32(24-28-16-9-7-10-17-28)34(47)26-42-27-35(48)33(25-29-18-11-8-12-19-29)46(39(50)51)41(4,5)6/h7-14,16-21,32-35,37,42,47-48H,15,22-27H2,1-6H3,(H,43,44)(H,45,49)(H,50,51)/t32-,33-,34+,35+,37?/m0/s1. The summed E-state index contributed by atoms with van der Waals surface area (Å²) < 4.78 is 6.22. The molecule has 4 rings (SSSR count). The van der Waals surface area contributed by atoms with E-state index in [0.717, 1.165) is 28.0 Å². The highest BCUT2D eigenvalue weighted by molar-refractivity contribution is 5.82. The van der Waals surface area contributed by atoms with E-state index in [9.17, 15) is 24.9 Å². The quantitative estimate of drug-likeness (QED) is 0.0752. The summed E-state index contributed by atoms with van der Waals surface area (Å²) in [5.41, 5.74) is 2.45. The maximum atomic E-state index is 13.9. The molecule has 0 fully saturated rings. The summed E-state index contributed by atoms with van der Waals surface area (Å²) in [6, 6.07) is 25.5. The van der Waals surface area contributed by atoms with Crippen molar-refractivity contribution in [3.05, 3.63) is 102 Å². The molecule has 4 aromatic rings. The van der Waals surface area contributed by atoms with Gasteiger partial charge in [-0.2, -0.15) is 0 Å². The van der Waals surface area contributed by atoms with E-state index < -0.39 is 47.4 Å². The van der Waals surface area contributed by atoms with Crippen molar-refractivity contribution in [3.8, 4) is 0 Å². The molecular formula is C41H57N5O6. The van der Waals surface area contributed by atoms with E-state index in [4.69, 9.17) is 4.74 Å². The van der Waals surface area contributed by atoms with Gasteiger partial charge in [0.05, 0.1) is 35.3 Å². The van der Waals surface area contributed by atoms with Crippen LogP contribution in [-0.2, 0) is 28.8 Å². The summed E-state index contributed by atoms with van der Waals surface area (Å²) in [4.78, 5) is 35.6. The first kappa shape index (κ1) is 40.5. The van der Waals surface area contributed by atoms with Gasteiger partial charge in [-0.3, -0.25) is 9.69 Å². The number of ether oxygens (including phenoxy) is 1. The second kappa shape index (κ2) is 18.5. The van der Waals surface area contributed by atoms with Gasteiger partial charge in [0.2, 0.25) is 5.91 Å². The number of rotatable bonds is 18. The van der Waals surface area contributed by atoms with Gasteiger partial charge in [0, 0.05) is 31.7 Å². The van der Waals surface area contributed by atoms with Gasteiger partial charge in [-0.1, -0.05) is 93.6 Å². The minimum Gasteiger partial charge on any atom is -0.465 e. The fourth-order valence-electron chi connectivity index (χ4n) is 6.53. The van der Waals surface area contributed by atoms with Crippen molar-refractivity contribution in [2.75, 3.05) is 19.7 Å². The smallest absolute Gasteiger partial charge is 0.408 e. The lowest BCUT2D eigenvalue weighted by atomic mass is 9.88. The normalized spacial score (nSPS) is 15.1. The number of carbonyl (C=O) groups is 2. The van der Waals surface area contributed by atoms with E-state index >= 15 is 0 Å². The lowest BCUT2D eigenvalue weighted by Gasteiger charge is -2.42. The van der Waals surface area contributed by atoms with Crippen LogP contribution in [0.1, 0.15) is 64.9 Å². The topological polar surface area (TPSA) is 160 Å². The Morgan fingerprint density at radius 1 is 0.827 bits per heavy atom. The van der Waals surface area contributed by atoms with E-state index in [1.165, 1.54) is 4.90 Å². The molecule has 0 spiro atoms. The maximum Gasteiger partial charge on any atom is 0.408 e. The van der Waals surface area contributed by atoms with Crippen LogP contribution in [-0.4, -0.2) is 97.8 Å². The van der Waals surface area contributed by atoms with Crippen molar-refractivity contribution in [3.63, 3.8) is 0 Å². The molecule has 11 heteroatoms. The van der Waals surface area contributed by atoms with E-state index in [0.29, 0.717) is 32.3 Å². The van der Waals surface area contributed by atoms with Gasteiger partial charge in [0.1, 0.15) is 11.9 Å². The zero-order valence-corrected chi connectivity index (χ0v) is 31.4. The molecule has 0 bridgehead atoms. The molecule has 3 aromatic carbocycles. The Kier molecular flexibility index (Phi) is 14.4. The first-order valence-electron chi connectivity index (χ1n) is 18.2. The molecule has 0 aliphatic rings. The van der Waals surface area contributed by atoms with Crippen LogP contribution in [0.15, 0.2) is 84.9 Å². The van der Waals surface area contributed by atoms with Gasteiger partial charge in [-0.05, 0) is 68.7 Å². The molecule has 5 atom stereocenters. The average molecular weight is 716 g/mol. The molecule has 282 valence electrons. The molecule has 0 aliphatic carbocycles. The number of fused-ring (bicyclic) bond motifs is 1. The highest BCUT2D eigenvalue weighted by Crippen LogP contribution is 2.25. The minimum atomic E-state index is -1.12. The Balaban J connectivity index is 1.41. The number of nitrogens with one attached hydrogen (secondary N) is 3. The predicted octanol–water partition coefficient (Wildman–Crippen LogP) is 5.36. The van der Waals surface area contributed by atoms with E-state index in [-0.39, 0.29) is 19.0 Å². The Labute approximate surface area is 307 Å². The van der Waals surface area contributed by atoms with Crippen LogP contribution in [0.3, 0.4) is 0 Å². The van der Waals surface area contributed by atoms with Gasteiger partial charge in [0.25, 0.3) is 0 Å². The molecular weight excluding hydrogens is 658 g/mol. The largest absolute Gasteiger partial charge is 0.465 e. The first-order valence-corrected chi connectivity index (χ1v) is 18.2. The second-order valence-electron chi connectivity index (χ2n) is 15.6. The molecule has 0 saturated carbocycles. The lowest BCUT2D eigenvalue weighted by molar-refractivity contribution is -0.141. The number of aromatic nitrogens is 2. The van der Waals surface area contributed by atoms with Crippen molar-refractivity contribution < 1.29 is 29.6 Å². The Hall–Kier alpha value is -4.29. The number of carbonyl (C=O) groups excluding carboxylic acids is 1. The van der Waals surface area contributed by atoms with Crippen molar-refractivity contribution in [1.82, 2.24) is 25.5 Å². The number of carboxylic acid groups (broad SMARTS) is 1. The summed E-state index contributed by atoms with van der Waals surface area (Å²) >= 11 is 0. The van der Waals surface area contributed by atoms with Crippen molar-refractivity contribution in [2.45, 2.75) is 103 Å².